The Hall–Kier alpha value is -1.99. The molecule has 0 bridgehead atoms. The number of carbonyl (C=O) groups excluding carboxylic acids is 1. The molecule has 1 aliphatic carbocycles. The molecule has 5 rings (SSSR count). The Kier molecular flexibility index (Phi) is 4.59. The molecule has 1 unspecified atom stereocenters. The van der Waals surface area contributed by atoms with Crippen LogP contribution in [0.25, 0.3) is 10.2 Å². The van der Waals surface area contributed by atoms with Crippen molar-refractivity contribution in [2.24, 2.45) is 5.92 Å². The summed E-state index contributed by atoms with van der Waals surface area (Å²) in [5, 5.41) is 3.24. The molecule has 3 aromatic rings. The van der Waals surface area contributed by atoms with Gasteiger partial charge in [-0.25, -0.2) is 9.97 Å². The molecule has 2 aliphatic rings. The van der Waals surface area contributed by atoms with Crippen LogP contribution in [-0.2, 0) is 12.8 Å². The summed E-state index contributed by atoms with van der Waals surface area (Å²) in [5.74, 6) is 2.83. The lowest BCUT2D eigenvalue weighted by atomic mass is 9.89. The first-order chi connectivity index (χ1) is 13.6. The highest BCUT2D eigenvalue weighted by Crippen LogP contribution is 2.41. The molecule has 0 N–H and O–H groups in total. The maximum absolute atomic E-state index is 12.6. The van der Waals surface area contributed by atoms with Gasteiger partial charge >= 0.3 is 0 Å². The molecule has 3 aromatic heterocycles. The van der Waals surface area contributed by atoms with E-state index in [9.17, 15) is 4.79 Å². The molecule has 0 aromatic carbocycles. The van der Waals surface area contributed by atoms with E-state index in [4.69, 9.17) is 9.97 Å². The third-order valence-corrected chi connectivity index (χ3v) is 7.85. The minimum Gasteiger partial charge on any atom is -0.352 e. The van der Waals surface area contributed by atoms with Crippen LogP contribution in [0.5, 0.6) is 0 Å². The van der Waals surface area contributed by atoms with Gasteiger partial charge in [0, 0.05) is 31.1 Å². The van der Waals surface area contributed by atoms with Crippen LogP contribution in [0.15, 0.2) is 17.5 Å². The number of nitrogens with zero attached hydrogens (tertiary/aromatic N) is 4. The Morgan fingerprint density at radius 2 is 2.04 bits per heavy atom. The summed E-state index contributed by atoms with van der Waals surface area (Å²) in [6, 6.07) is 3.85. The molecule has 146 valence electrons. The van der Waals surface area contributed by atoms with Crippen LogP contribution < -0.4 is 4.90 Å². The van der Waals surface area contributed by atoms with Crippen molar-refractivity contribution in [2.45, 2.75) is 33.1 Å². The van der Waals surface area contributed by atoms with Gasteiger partial charge in [0.05, 0.1) is 10.3 Å². The molecule has 1 amide bonds. The quantitative estimate of drug-likeness (QED) is 0.634. The van der Waals surface area contributed by atoms with Gasteiger partial charge in [0.1, 0.15) is 16.5 Å². The van der Waals surface area contributed by atoms with Crippen molar-refractivity contribution in [3.8, 4) is 0 Å². The molecule has 1 atom stereocenters. The molecule has 1 aliphatic heterocycles. The predicted octanol–water partition coefficient (Wildman–Crippen LogP) is 4.15. The van der Waals surface area contributed by atoms with Crippen LogP contribution in [0, 0.1) is 12.8 Å². The monoisotopic (exact) mass is 412 g/mol. The molecule has 0 spiro atoms. The second kappa shape index (κ2) is 7.12. The average Bonchev–Trinajstić information content (AvgIpc) is 3.34. The maximum Gasteiger partial charge on any atom is 0.264 e. The third-order valence-electron chi connectivity index (χ3n) is 5.85. The fourth-order valence-corrected chi connectivity index (χ4v) is 6.45. The fraction of sp³-hybridized carbons (Fsp3) is 0.476. The molecule has 0 saturated carbocycles. The average molecular weight is 413 g/mol. The predicted molar refractivity (Wildman–Crippen MR) is 116 cm³/mol. The Labute approximate surface area is 173 Å². The zero-order valence-corrected chi connectivity index (χ0v) is 17.9. The number of piperazine rings is 1. The summed E-state index contributed by atoms with van der Waals surface area (Å²) >= 11 is 3.38. The van der Waals surface area contributed by atoms with Gasteiger partial charge in [-0.3, -0.25) is 4.79 Å². The van der Waals surface area contributed by atoms with Gasteiger partial charge in [-0.15, -0.1) is 22.7 Å². The standard InChI is InChI=1S/C21H24N4OS2/c1-13-5-6-15-17(12-13)28-20-18(15)19(22-14(2)23-20)24-7-9-25(10-8-24)21(26)16-4-3-11-27-16/h3-4,11,13H,5-10,12H2,1-2H3. The zero-order valence-electron chi connectivity index (χ0n) is 16.3. The van der Waals surface area contributed by atoms with Crippen molar-refractivity contribution in [3.05, 3.63) is 38.7 Å². The van der Waals surface area contributed by atoms with Crippen LogP contribution in [0.3, 0.4) is 0 Å². The summed E-state index contributed by atoms with van der Waals surface area (Å²) in [6.07, 6.45) is 3.54. The summed E-state index contributed by atoms with van der Waals surface area (Å²) in [7, 11) is 0. The molecule has 0 radical (unpaired) electrons. The largest absolute Gasteiger partial charge is 0.352 e. The number of amides is 1. The molecular formula is C21H24N4OS2. The van der Waals surface area contributed by atoms with E-state index < -0.39 is 0 Å². The van der Waals surface area contributed by atoms with Crippen molar-refractivity contribution < 1.29 is 4.79 Å². The van der Waals surface area contributed by atoms with Crippen molar-refractivity contribution >= 4 is 44.6 Å². The van der Waals surface area contributed by atoms with E-state index in [0.29, 0.717) is 0 Å². The molecule has 28 heavy (non-hydrogen) atoms. The van der Waals surface area contributed by atoms with Crippen molar-refractivity contribution in [2.75, 3.05) is 31.1 Å². The minimum absolute atomic E-state index is 0.153. The Morgan fingerprint density at radius 1 is 1.21 bits per heavy atom. The highest BCUT2D eigenvalue weighted by molar-refractivity contribution is 7.19. The summed E-state index contributed by atoms with van der Waals surface area (Å²) in [6.45, 7) is 7.46. The van der Waals surface area contributed by atoms with Crippen LogP contribution in [0.2, 0.25) is 0 Å². The summed E-state index contributed by atoms with van der Waals surface area (Å²) < 4.78 is 0. The summed E-state index contributed by atoms with van der Waals surface area (Å²) in [5.41, 5.74) is 1.48. The first-order valence-electron chi connectivity index (χ1n) is 9.97. The van der Waals surface area contributed by atoms with Gasteiger partial charge < -0.3 is 9.80 Å². The number of thiophene rings is 2. The Balaban J connectivity index is 1.43. The summed E-state index contributed by atoms with van der Waals surface area (Å²) in [4.78, 5) is 30.1. The normalized spacial score (nSPS) is 19.9. The van der Waals surface area contributed by atoms with Crippen LogP contribution in [-0.4, -0.2) is 47.0 Å². The number of hydrogen-bond donors (Lipinski definition) is 0. The number of rotatable bonds is 2. The fourth-order valence-electron chi connectivity index (χ4n) is 4.33. The van der Waals surface area contributed by atoms with E-state index in [0.717, 1.165) is 66.3 Å². The van der Waals surface area contributed by atoms with E-state index in [1.807, 2.05) is 40.7 Å². The molecule has 7 heteroatoms. The second-order valence-corrected chi connectivity index (χ2v) is 9.91. The van der Waals surface area contributed by atoms with Gasteiger partial charge in [-0.1, -0.05) is 13.0 Å². The Morgan fingerprint density at radius 3 is 2.79 bits per heavy atom. The van der Waals surface area contributed by atoms with E-state index in [1.54, 1.807) is 0 Å². The lowest BCUT2D eigenvalue weighted by molar-refractivity contribution is 0.0751. The SMILES string of the molecule is Cc1nc(N2CCN(C(=O)c3cccs3)CC2)c2c3c(sc2n1)CC(C)CC3. The number of aryl methyl sites for hydroxylation is 2. The van der Waals surface area contributed by atoms with Crippen molar-refractivity contribution in [1.82, 2.24) is 14.9 Å². The Bertz CT molecular complexity index is 1020. The number of fused-ring (bicyclic) bond motifs is 3. The topological polar surface area (TPSA) is 49.3 Å². The zero-order chi connectivity index (χ0) is 19.3. The highest BCUT2D eigenvalue weighted by Gasteiger charge is 2.28. The van der Waals surface area contributed by atoms with Crippen molar-refractivity contribution in [3.63, 3.8) is 0 Å². The minimum atomic E-state index is 0.153. The molecule has 5 nitrogen and oxygen atoms in total. The molecular weight excluding hydrogens is 388 g/mol. The maximum atomic E-state index is 12.6. The lowest BCUT2D eigenvalue weighted by Crippen LogP contribution is -2.49. The number of anilines is 1. The van der Waals surface area contributed by atoms with E-state index in [-0.39, 0.29) is 5.91 Å². The second-order valence-electron chi connectivity index (χ2n) is 7.88. The molecule has 1 saturated heterocycles. The van der Waals surface area contributed by atoms with Crippen LogP contribution in [0.4, 0.5) is 5.82 Å². The van der Waals surface area contributed by atoms with Gasteiger partial charge in [0.25, 0.3) is 5.91 Å². The van der Waals surface area contributed by atoms with E-state index in [2.05, 4.69) is 11.8 Å². The van der Waals surface area contributed by atoms with Crippen molar-refractivity contribution in [1.29, 1.82) is 0 Å². The first-order valence-corrected chi connectivity index (χ1v) is 11.7. The lowest BCUT2D eigenvalue weighted by Gasteiger charge is -2.35. The van der Waals surface area contributed by atoms with Crippen LogP contribution >= 0.6 is 22.7 Å². The highest BCUT2D eigenvalue weighted by atomic mass is 32.1. The van der Waals surface area contributed by atoms with Crippen LogP contribution in [0.1, 0.15) is 39.3 Å². The third kappa shape index (κ3) is 3.10. The van der Waals surface area contributed by atoms with Gasteiger partial charge in [0.2, 0.25) is 0 Å². The smallest absolute Gasteiger partial charge is 0.264 e. The van der Waals surface area contributed by atoms with Gasteiger partial charge in [-0.2, -0.15) is 0 Å². The first kappa shape index (κ1) is 18.1. The number of aromatic nitrogens is 2. The van der Waals surface area contributed by atoms with Gasteiger partial charge in [-0.05, 0) is 49.1 Å². The van der Waals surface area contributed by atoms with E-state index in [1.165, 1.54) is 33.6 Å². The molecule has 4 heterocycles. The number of hydrogen-bond acceptors (Lipinski definition) is 6. The number of carbonyl (C=O) groups is 1. The van der Waals surface area contributed by atoms with Gasteiger partial charge in [0.15, 0.2) is 0 Å². The van der Waals surface area contributed by atoms with E-state index >= 15 is 0 Å². The molecule has 1 fully saturated rings.